The summed E-state index contributed by atoms with van der Waals surface area (Å²) in [5.41, 5.74) is 15.6. The molecule has 0 atom stereocenters. The molecule has 0 radical (unpaired) electrons. The lowest BCUT2D eigenvalue weighted by atomic mass is 10.0. The van der Waals surface area contributed by atoms with Gasteiger partial charge in [-0.2, -0.15) is 0 Å². The fraction of sp³-hybridized carbons (Fsp3) is 0.250. The lowest BCUT2D eigenvalue weighted by Gasteiger charge is -2.06. The molecule has 0 saturated carbocycles. The molecule has 1 aromatic heterocycles. The molecule has 0 fully saturated rings. The van der Waals surface area contributed by atoms with Crippen LogP contribution in [0.4, 0.5) is 9.80 Å². The number of urea groups is 1. The molecular weight excluding hydrogens is 298 g/mol. The molecule has 5 N–H and O–H groups in total. The van der Waals surface area contributed by atoms with Gasteiger partial charge in [-0.15, -0.1) is 11.3 Å². The Labute approximate surface area is 132 Å². The molecule has 1 heterocycles. The lowest BCUT2D eigenvalue weighted by molar-refractivity contribution is 0.100. The van der Waals surface area contributed by atoms with Crippen molar-refractivity contribution in [1.29, 1.82) is 0 Å². The van der Waals surface area contributed by atoms with Crippen LogP contribution in [0, 0.1) is 6.92 Å². The predicted octanol–water partition coefficient (Wildman–Crippen LogP) is 2.80. The SMILES string of the molecule is Cc1ccc2c(c1)CCCc1c-2sc(NC(N)=O)c1C(N)=O. The van der Waals surface area contributed by atoms with E-state index in [9.17, 15) is 9.59 Å². The zero-order valence-electron chi connectivity index (χ0n) is 12.2. The van der Waals surface area contributed by atoms with Crippen LogP contribution in [0.1, 0.15) is 33.5 Å². The molecule has 114 valence electrons. The van der Waals surface area contributed by atoms with Gasteiger partial charge in [0.2, 0.25) is 0 Å². The van der Waals surface area contributed by atoms with E-state index in [2.05, 4.69) is 30.4 Å². The number of benzene rings is 1. The lowest BCUT2D eigenvalue weighted by Crippen LogP contribution is -2.22. The Hall–Kier alpha value is -2.34. The van der Waals surface area contributed by atoms with Crippen molar-refractivity contribution in [3.05, 3.63) is 40.5 Å². The summed E-state index contributed by atoms with van der Waals surface area (Å²) >= 11 is 1.37. The number of primary amides is 2. The van der Waals surface area contributed by atoms with Crippen LogP contribution < -0.4 is 16.8 Å². The van der Waals surface area contributed by atoms with Gasteiger partial charge in [0.05, 0.1) is 5.56 Å². The average molecular weight is 315 g/mol. The summed E-state index contributed by atoms with van der Waals surface area (Å²) in [6, 6.07) is 5.61. The topological polar surface area (TPSA) is 98.2 Å². The van der Waals surface area contributed by atoms with Gasteiger partial charge >= 0.3 is 6.03 Å². The Morgan fingerprint density at radius 1 is 1.23 bits per heavy atom. The molecule has 0 bridgehead atoms. The zero-order chi connectivity index (χ0) is 15.9. The Balaban J connectivity index is 2.23. The van der Waals surface area contributed by atoms with Crippen molar-refractivity contribution in [3.63, 3.8) is 0 Å². The van der Waals surface area contributed by atoms with E-state index in [0.717, 1.165) is 35.3 Å². The second-order valence-corrected chi connectivity index (χ2v) is 6.50. The van der Waals surface area contributed by atoms with Gasteiger partial charge < -0.3 is 11.5 Å². The quantitative estimate of drug-likeness (QED) is 0.794. The summed E-state index contributed by atoms with van der Waals surface area (Å²) in [6.07, 6.45) is 2.67. The minimum atomic E-state index is -0.692. The van der Waals surface area contributed by atoms with E-state index < -0.39 is 11.9 Å². The maximum atomic E-state index is 11.9. The van der Waals surface area contributed by atoms with Crippen molar-refractivity contribution in [2.45, 2.75) is 26.2 Å². The molecular formula is C16H17N3O2S. The predicted molar refractivity (Wildman–Crippen MR) is 88.2 cm³/mol. The van der Waals surface area contributed by atoms with E-state index in [1.54, 1.807) is 0 Å². The maximum absolute atomic E-state index is 11.9. The third kappa shape index (κ3) is 2.46. The molecule has 0 spiro atoms. The Bertz CT molecular complexity index is 780. The number of carbonyl (C=O) groups excluding carboxylic acids is 2. The van der Waals surface area contributed by atoms with E-state index in [-0.39, 0.29) is 0 Å². The fourth-order valence-corrected chi connectivity index (χ4v) is 4.31. The highest BCUT2D eigenvalue weighted by Gasteiger charge is 2.26. The van der Waals surface area contributed by atoms with Gasteiger partial charge in [-0.25, -0.2) is 4.79 Å². The first-order chi connectivity index (χ1) is 10.5. The molecule has 0 saturated heterocycles. The first-order valence-corrected chi connectivity index (χ1v) is 7.91. The van der Waals surface area contributed by atoms with Crippen LogP contribution in [0.5, 0.6) is 0 Å². The molecule has 6 heteroatoms. The Kier molecular flexibility index (Phi) is 3.62. The normalized spacial score (nSPS) is 13.0. The van der Waals surface area contributed by atoms with Crippen LogP contribution >= 0.6 is 11.3 Å². The first kappa shape index (κ1) is 14.6. The van der Waals surface area contributed by atoms with Crippen molar-refractivity contribution in [3.8, 4) is 10.4 Å². The number of anilines is 1. The van der Waals surface area contributed by atoms with Crippen molar-refractivity contribution in [2.75, 3.05) is 5.32 Å². The highest BCUT2D eigenvalue weighted by atomic mass is 32.1. The van der Waals surface area contributed by atoms with Crippen LogP contribution in [0.25, 0.3) is 10.4 Å². The number of hydrogen-bond donors (Lipinski definition) is 3. The Morgan fingerprint density at radius 2 is 2.00 bits per heavy atom. The van der Waals surface area contributed by atoms with Crippen LogP contribution in [0.15, 0.2) is 18.2 Å². The summed E-state index contributed by atoms with van der Waals surface area (Å²) in [5, 5.41) is 2.97. The van der Waals surface area contributed by atoms with E-state index in [4.69, 9.17) is 11.5 Å². The summed E-state index contributed by atoms with van der Waals surface area (Å²) in [5.74, 6) is -0.531. The number of nitrogens with one attached hydrogen (secondary N) is 1. The smallest absolute Gasteiger partial charge is 0.317 e. The van der Waals surface area contributed by atoms with E-state index in [0.29, 0.717) is 10.6 Å². The van der Waals surface area contributed by atoms with Crippen LogP contribution in [0.2, 0.25) is 0 Å². The molecule has 1 aromatic carbocycles. The number of rotatable bonds is 2. The third-order valence-electron chi connectivity index (χ3n) is 3.87. The highest BCUT2D eigenvalue weighted by molar-refractivity contribution is 7.20. The minimum Gasteiger partial charge on any atom is -0.365 e. The van der Waals surface area contributed by atoms with E-state index in [1.807, 2.05) is 0 Å². The number of aryl methyl sites for hydroxylation is 2. The molecule has 0 unspecified atom stereocenters. The monoisotopic (exact) mass is 315 g/mol. The van der Waals surface area contributed by atoms with Gasteiger partial charge in [-0.05, 0) is 42.9 Å². The summed E-state index contributed by atoms with van der Waals surface area (Å²) < 4.78 is 0. The standard InChI is InChI=1S/C16H17N3O2S/c1-8-5-6-10-9(7-8)3-2-4-11-12(14(17)20)15(19-16(18)21)22-13(10)11/h5-7H,2-4H2,1H3,(H2,17,20)(H3,18,19,21). The molecule has 5 nitrogen and oxygen atoms in total. The third-order valence-corrected chi connectivity index (χ3v) is 5.05. The summed E-state index contributed by atoms with van der Waals surface area (Å²) in [7, 11) is 0. The van der Waals surface area contributed by atoms with Crippen molar-refractivity contribution >= 4 is 28.3 Å². The second kappa shape index (κ2) is 5.46. The molecule has 1 aliphatic rings. The van der Waals surface area contributed by atoms with Crippen LogP contribution in [-0.2, 0) is 12.8 Å². The number of thiophene rings is 1. The molecule has 0 aliphatic heterocycles. The van der Waals surface area contributed by atoms with Gasteiger partial charge in [0.25, 0.3) is 5.91 Å². The van der Waals surface area contributed by atoms with E-state index in [1.165, 1.54) is 22.5 Å². The Morgan fingerprint density at radius 3 is 2.68 bits per heavy atom. The van der Waals surface area contributed by atoms with Gasteiger partial charge in [-0.1, -0.05) is 23.8 Å². The zero-order valence-corrected chi connectivity index (χ0v) is 13.0. The van der Waals surface area contributed by atoms with Crippen LogP contribution in [-0.4, -0.2) is 11.9 Å². The molecule has 1 aliphatic carbocycles. The van der Waals surface area contributed by atoms with Gasteiger partial charge in [0.15, 0.2) is 0 Å². The van der Waals surface area contributed by atoms with Crippen molar-refractivity contribution in [1.82, 2.24) is 0 Å². The number of hydrogen-bond acceptors (Lipinski definition) is 3. The van der Waals surface area contributed by atoms with Crippen LogP contribution in [0.3, 0.4) is 0 Å². The minimum absolute atomic E-state index is 0.396. The maximum Gasteiger partial charge on any atom is 0.317 e. The van der Waals surface area contributed by atoms with Crippen molar-refractivity contribution in [2.24, 2.45) is 11.5 Å². The van der Waals surface area contributed by atoms with E-state index >= 15 is 0 Å². The van der Waals surface area contributed by atoms with Gasteiger partial charge in [0, 0.05) is 4.88 Å². The first-order valence-electron chi connectivity index (χ1n) is 7.09. The number of nitrogens with two attached hydrogens (primary N) is 2. The number of fused-ring (bicyclic) bond motifs is 3. The largest absolute Gasteiger partial charge is 0.365 e. The highest BCUT2D eigenvalue weighted by Crippen LogP contribution is 2.44. The molecule has 3 rings (SSSR count). The summed E-state index contributed by atoms with van der Waals surface area (Å²) in [4.78, 5) is 24.0. The molecule has 22 heavy (non-hydrogen) atoms. The average Bonchev–Trinajstić information content (AvgIpc) is 2.67. The number of carbonyl (C=O) groups is 2. The van der Waals surface area contributed by atoms with Crippen molar-refractivity contribution < 1.29 is 9.59 Å². The second-order valence-electron chi connectivity index (χ2n) is 5.48. The summed E-state index contributed by atoms with van der Waals surface area (Å²) in [6.45, 7) is 2.06. The molecule has 2 aromatic rings. The van der Waals surface area contributed by atoms with Gasteiger partial charge in [0.1, 0.15) is 5.00 Å². The molecule has 3 amide bonds. The number of amides is 3. The van der Waals surface area contributed by atoms with Gasteiger partial charge in [-0.3, -0.25) is 10.1 Å². The fourth-order valence-electron chi connectivity index (χ4n) is 2.99.